The molecule has 150 valence electrons. The van der Waals surface area contributed by atoms with E-state index in [1.54, 1.807) is 24.3 Å². The van der Waals surface area contributed by atoms with Crippen LogP contribution in [-0.4, -0.2) is 16.0 Å². The Morgan fingerprint density at radius 3 is 2.63 bits per heavy atom. The van der Waals surface area contributed by atoms with Crippen molar-refractivity contribution in [3.8, 4) is 5.75 Å². The summed E-state index contributed by atoms with van der Waals surface area (Å²) in [5, 5.41) is 7.49. The van der Waals surface area contributed by atoms with E-state index in [1.165, 1.54) is 0 Å². The fraction of sp³-hybridized carbons (Fsp3) is 0.0870. The van der Waals surface area contributed by atoms with Crippen molar-refractivity contribution < 1.29 is 14.1 Å². The second-order valence-corrected chi connectivity index (χ2v) is 6.95. The lowest BCUT2D eigenvalue weighted by Gasteiger charge is -2.10. The summed E-state index contributed by atoms with van der Waals surface area (Å²) in [6.45, 7) is 0.0537. The molecule has 0 aliphatic rings. The fourth-order valence-corrected chi connectivity index (χ4v) is 3.10. The first-order valence-corrected chi connectivity index (χ1v) is 9.69. The maximum Gasteiger partial charge on any atom is 0.264 e. The van der Waals surface area contributed by atoms with Crippen molar-refractivity contribution in [2.75, 3.05) is 5.32 Å². The van der Waals surface area contributed by atoms with Crippen molar-refractivity contribution >= 4 is 23.2 Å². The van der Waals surface area contributed by atoms with Gasteiger partial charge in [0.15, 0.2) is 12.4 Å². The third kappa shape index (κ3) is 5.04. The number of nitrogens with one attached hydrogen (secondary N) is 1. The zero-order valence-corrected chi connectivity index (χ0v) is 16.7. The van der Waals surface area contributed by atoms with Crippen LogP contribution in [0.1, 0.15) is 27.6 Å². The molecule has 1 amide bonds. The maximum absolute atomic E-state index is 12.6. The number of hydrogen-bond acceptors (Lipinski definition) is 5. The van der Waals surface area contributed by atoms with Gasteiger partial charge in [-0.1, -0.05) is 59.2 Å². The number of hydrogen-bond donors (Lipinski definition) is 1. The first-order valence-electron chi connectivity index (χ1n) is 9.31. The molecule has 4 aromatic rings. The lowest BCUT2D eigenvalue weighted by molar-refractivity contribution is 0.102. The number of para-hydroxylation sites is 2. The summed E-state index contributed by atoms with van der Waals surface area (Å²) >= 11 is 6.01. The number of aromatic nitrogens is 2. The molecule has 30 heavy (non-hydrogen) atoms. The highest BCUT2D eigenvalue weighted by molar-refractivity contribution is 6.30. The van der Waals surface area contributed by atoms with E-state index in [9.17, 15) is 4.79 Å². The Balaban J connectivity index is 1.41. The molecular weight excluding hydrogens is 402 g/mol. The number of carbonyl (C=O) groups excluding carboxylic acids is 1. The summed E-state index contributed by atoms with van der Waals surface area (Å²) < 4.78 is 11.1. The number of ether oxygens (including phenoxy) is 1. The number of anilines is 1. The van der Waals surface area contributed by atoms with E-state index in [1.807, 2.05) is 54.6 Å². The molecular formula is C23H18ClN3O3. The molecule has 0 bridgehead atoms. The molecule has 0 unspecified atom stereocenters. The zero-order chi connectivity index (χ0) is 20.8. The zero-order valence-electron chi connectivity index (χ0n) is 15.9. The molecule has 0 saturated carbocycles. The Morgan fingerprint density at radius 1 is 1.00 bits per heavy atom. The molecule has 3 aromatic carbocycles. The lowest BCUT2D eigenvalue weighted by Crippen LogP contribution is -2.13. The van der Waals surface area contributed by atoms with Crippen molar-refractivity contribution in [1.82, 2.24) is 10.1 Å². The van der Waals surface area contributed by atoms with Crippen LogP contribution in [-0.2, 0) is 13.0 Å². The van der Waals surface area contributed by atoms with E-state index < -0.39 is 0 Å². The molecule has 1 aromatic heterocycles. The van der Waals surface area contributed by atoms with E-state index >= 15 is 0 Å². The SMILES string of the molecule is O=C(Nc1ccccc1)c1ccccc1OCc1nc(Cc2cccc(Cl)c2)no1. The molecule has 1 heterocycles. The molecule has 0 fully saturated rings. The summed E-state index contributed by atoms with van der Waals surface area (Å²) in [5.41, 5.74) is 2.11. The fourth-order valence-electron chi connectivity index (χ4n) is 2.89. The molecule has 0 radical (unpaired) electrons. The molecule has 6 nitrogen and oxygen atoms in total. The minimum absolute atomic E-state index is 0.0537. The molecule has 0 spiro atoms. The van der Waals surface area contributed by atoms with Crippen LogP contribution in [0, 0.1) is 0 Å². The van der Waals surface area contributed by atoms with Crippen molar-refractivity contribution in [3.05, 3.63) is 107 Å². The van der Waals surface area contributed by atoms with Crippen LogP contribution in [0.25, 0.3) is 0 Å². The standard InChI is InChI=1S/C23H18ClN3O3/c24-17-8-6-7-16(13-17)14-21-26-22(30-27-21)15-29-20-12-5-4-11-19(20)23(28)25-18-9-2-1-3-10-18/h1-13H,14-15H2,(H,25,28). The second-order valence-electron chi connectivity index (χ2n) is 6.52. The quantitative estimate of drug-likeness (QED) is 0.448. The largest absolute Gasteiger partial charge is 0.483 e. The minimum Gasteiger partial charge on any atom is -0.483 e. The first kappa shape index (κ1) is 19.7. The normalized spacial score (nSPS) is 10.6. The molecule has 0 aliphatic heterocycles. The number of rotatable bonds is 7. The molecule has 7 heteroatoms. The highest BCUT2D eigenvalue weighted by Crippen LogP contribution is 2.21. The van der Waals surface area contributed by atoms with Crippen LogP contribution < -0.4 is 10.1 Å². The Kier molecular flexibility index (Phi) is 6.06. The summed E-state index contributed by atoms with van der Waals surface area (Å²) in [5.74, 6) is 1.03. The van der Waals surface area contributed by atoms with Crippen LogP contribution in [0.2, 0.25) is 5.02 Å². The summed E-state index contributed by atoms with van der Waals surface area (Å²) in [6.07, 6.45) is 0.500. The van der Waals surface area contributed by atoms with Gasteiger partial charge in [-0.2, -0.15) is 4.98 Å². The molecule has 0 atom stereocenters. The van der Waals surface area contributed by atoms with Crippen LogP contribution in [0.15, 0.2) is 83.4 Å². The van der Waals surface area contributed by atoms with Gasteiger partial charge in [-0.3, -0.25) is 4.79 Å². The van der Waals surface area contributed by atoms with Crippen LogP contribution in [0.5, 0.6) is 5.75 Å². The second kappa shape index (κ2) is 9.24. The summed E-state index contributed by atoms with van der Waals surface area (Å²) in [4.78, 5) is 17.0. The van der Waals surface area contributed by atoms with Gasteiger partial charge >= 0.3 is 0 Å². The summed E-state index contributed by atoms with van der Waals surface area (Å²) in [6, 6.07) is 23.7. The third-order valence-electron chi connectivity index (χ3n) is 4.28. The Bertz CT molecular complexity index is 1150. The van der Waals surface area contributed by atoms with Gasteiger partial charge in [0.1, 0.15) is 5.75 Å². The van der Waals surface area contributed by atoms with E-state index in [0.29, 0.717) is 40.2 Å². The Labute approximate surface area is 178 Å². The molecule has 4 rings (SSSR count). The van der Waals surface area contributed by atoms with Gasteiger partial charge in [0.05, 0.1) is 5.56 Å². The predicted octanol–water partition coefficient (Wildman–Crippen LogP) is 5.15. The van der Waals surface area contributed by atoms with Gasteiger partial charge in [-0.25, -0.2) is 0 Å². The predicted molar refractivity (Wildman–Crippen MR) is 114 cm³/mol. The van der Waals surface area contributed by atoms with Crippen LogP contribution in [0.4, 0.5) is 5.69 Å². The third-order valence-corrected chi connectivity index (χ3v) is 4.51. The minimum atomic E-state index is -0.260. The monoisotopic (exact) mass is 419 g/mol. The van der Waals surface area contributed by atoms with Crippen molar-refractivity contribution in [1.29, 1.82) is 0 Å². The van der Waals surface area contributed by atoms with Gasteiger partial charge in [-0.05, 0) is 42.0 Å². The number of benzene rings is 3. The van der Waals surface area contributed by atoms with E-state index in [-0.39, 0.29) is 12.5 Å². The molecule has 0 saturated heterocycles. The van der Waals surface area contributed by atoms with Crippen molar-refractivity contribution in [3.63, 3.8) is 0 Å². The number of halogens is 1. The number of nitrogens with zero attached hydrogens (tertiary/aromatic N) is 2. The van der Waals surface area contributed by atoms with Gasteiger partial charge in [0, 0.05) is 17.1 Å². The number of amides is 1. The van der Waals surface area contributed by atoms with Crippen LogP contribution >= 0.6 is 11.6 Å². The highest BCUT2D eigenvalue weighted by Gasteiger charge is 2.14. The van der Waals surface area contributed by atoms with Crippen molar-refractivity contribution in [2.45, 2.75) is 13.0 Å². The topological polar surface area (TPSA) is 77.2 Å². The van der Waals surface area contributed by atoms with E-state index in [4.69, 9.17) is 20.9 Å². The highest BCUT2D eigenvalue weighted by atomic mass is 35.5. The molecule has 0 aliphatic carbocycles. The Morgan fingerprint density at radius 2 is 1.80 bits per heavy atom. The van der Waals surface area contributed by atoms with E-state index in [0.717, 1.165) is 5.56 Å². The smallest absolute Gasteiger partial charge is 0.264 e. The molecule has 1 N–H and O–H groups in total. The summed E-state index contributed by atoms with van der Waals surface area (Å²) in [7, 11) is 0. The lowest BCUT2D eigenvalue weighted by atomic mass is 10.1. The van der Waals surface area contributed by atoms with Gasteiger partial charge in [0.25, 0.3) is 11.8 Å². The number of carbonyl (C=O) groups is 1. The average molecular weight is 420 g/mol. The first-order chi connectivity index (χ1) is 14.7. The van der Waals surface area contributed by atoms with Gasteiger partial charge < -0.3 is 14.6 Å². The van der Waals surface area contributed by atoms with Crippen molar-refractivity contribution in [2.24, 2.45) is 0 Å². The maximum atomic E-state index is 12.6. The Hall–Kier alpha value is -3.64. The van der Waals surface area contributed by atoms with Gasteiger partial charge in [-0.15, -0.1) is 0 Å². The van der Waals surface area contributed by atoms with Crippen LogP contribution in [0.3, 0.4) is 0 Å². The average Bonchev–Trinajstić information content (AvgIpc) is 3.20. The van der Waals surface area contributed by atoms with E-state index in [2.05, 4.69) is 15.5 Å². The van der Waals surface area contributed by atoms with Gasteiger partial charge in [0.2, 0.25) is 0 Å².